The molecule has 0 spiro atoms. The number of hydrogen-bond donors (Lipinski definition) is 1. The molecule has 1 atom stereocenters. The van der Waals surface area contributed by atoms with Gasteiger partial charge in [0.1, 0.15) is 17.0 Å². The lowest BCUT2D eigenvalue weighted by Gasteiger charge is -2.24. The first kappa shape index (κ1) is 11.0. The zero-order valence-electron chi connectivity index (χ0n) is 10.1. The number of rotatable bonds is 3. The van der Waals surface area contributed by atoms with Gasteiger partial charge in [0.25, 0.3) is 0 Å². The molecule has 3 rings (SSSR count). The van der Waals surface area contributed by atoms with Crippen LogP contribution in [0.25, 0.3) is 0 Å². The summed E-state index contributed by atoms with van der Waals surface area (Å²) in [6.07, 6.45) is 5.01. The average molecular weight is 234 g/mol. The van der Waals surface area contributed by atoms with E-state index >= 15 is 0 Å². The molecule has 4 heteroatoms. The van der Waals surface area contributed by atoms with Gasteiger partial charge in [0.15, 0.2) is 0 Å². The van der Waals surface area contributed by atoms with Crippen molar-refractivity contribution in [3.05, 3.63) is 24.0 Å². The lowest BCUT2D eigenvalue weighted by Crippen LogP contribution is -2.33. The van der Waals surface area contributed by atoms with Crippen molar-refractivity contribution < 1.29 is 9.84 Å². The molecular weight excluding hydrogens is 216 g/mol. The number of pyridine rings is 1. The lowest BCUT2D eigenvalue weighted by molar-refractivity contribution is 0.0383. The molecule has 1 aliphatic heterocycles. The maximum absolute atomic E-state index is 10.7. The van der Waals surface area contributed by atoms with E-state index in [1.165, 1.54) is 12.8 Å². The molecule has 0 bridgehead atoms. The fourth-order valence-electron chi connectivity index (χ4n) is 2.67. The third-order valence-electron chi connectivity index (χ3n) is 3.77. The summed E-state index contributed by atoms with van der Waals surface area (Å²) in [6.45, 7) is 1.64. The Labute approximate surface area is 101 Å². The summed E-state index contributed by atoms with van der Waals surface area (Å²) < 4.78 is 5.29. The van der Waals surface area contributed by atoms with E-state index in [0.717, 1.165) is 13.0 Å². The van der Waals surface area contributed by atoms with E-state index in [1.54, 1.807) is 13.3 Å². The van der Waals surface area contributed by atoms with E-state index in [9.17, 15) is 5.11 Å². The Hall–Kier alpha value is -1.13. The van der Waals surface area contributed by atoms with Crippen LogP contribution >= 0.6 is 0 Å². The van der Waals surface area contributed by atoms with Crippen molar-refractivity contribution in [3.63, 3.8) is 0 Å². The van der Waals surface area contributed by atoms with E-state index in [0.29, 0.717) is 24.0 Å². The summed E-state index contributed by atoms with van der Waals surface area (Å²) in [5.74, 6) is 0.688. The van der Waals surface area contributed by atoms with Crippen LogP contribution in [0.15, 0.2) is 18.3 Å². The molecule has 4 nitrogen and oxygen atoms in total. The maximum Gasteiger partial charge on any atom is 0.143 e. The van der Waals surface area contributed by atoms with E-state index in [2.05, 4.69) is 9.88 Å². The summed E-state index contributed by atoms with van der Waals surface area (Å²) >= 11 is 0. The zero-order valence-corrected chi connectivity index (χ0v) is 10.1. The molecule has 1 N–H and O–H groups in total. The van der Waals surface area contributed by atoms with Crippen molar-refractivity contribution in [1.29, 1.82) is 0 Å². The topological polar surface area (TPSA) is 45.6 Å². The number of ether oxygens (including phenoxy) is 1. The van der Waals surface area contributed by atoms with Gasteiger partial charge in [-0.15, -0.1) is 0 Å². The van der Waals surface area contributed by atoms with Gasteiger partial charge in [0.05, 0.1) is 7.11 Å². The first-order chi connectivity index (χ1) is 8.23. The molecule has 1 aliphatic carbocycles. The van der Waals surface area contributed by atoms with Crippen molar-refractivity contribution in [1.82, 2.24) is 9.88 Å². The fourth-order valence-corrected chi connectivity index (χ4v) is 2.67. The molecule has 1 aromatic rings. The van der Waals surface area contributed by atoms with Gasteiger partial charge in [-0.25, -0.2) is 0 Å². The Morgan fingerprint density at radius 2 is 2.35 bits per heavy atom. The van der Waals surface area contributed by atoms with Gasteiger partial charge < -0.3 is 9.84 Å². The number of aliphatic hydroxyl groups is 1. The quantitative estimate of drug-likeness (QED) is 0.852. The first-order valence-corrected chi connectivity index (χ1v) is 6.19. The van der Waals surface area contributed by atoms with Crippen molar-refractivity contribution in [2.45, 2.75) is 30.9 Å². The molecule has 0 amide bonds. The van der Waals surface area contributed by atoms with E-state index in [-0.39, 0.29) is 0 Å². The number of methoxy groups -OCH3 is 1. The highest BCUT2D eigenvalue weighted by molar-refractivity contribution is 5.33. The lowest BCUT2D eigenvalue weighted by atomic mass is 9.97. The van der Waals surface area contributed by atoms with Crippen LogP contribution in [0, 0.1) is 0 Å². The monoisotopic (exact) mass is 234 g/mol. The molecule has 0 aromatic carbocycles. The Kier molecular flexibility index (Phi) is 2.56. The van der Waals surface area contributed by atoms with Crippen molar-refractivity contribution in [2.24, 2.45) is 0 Å². The number of hydrogen-bond acceptors (Lipinski definition) is 4. The van der Waals surface area contributed by atoms with Crippen molar-refractivity contribution in [2.75, 3.05) is 20.2 Å². The van der Waals surface area contributed by atoms with Gasteiger partial charge in [-0.2, -0.15) is 0 Å². The second-order valence-corrected chi connectivity index (χ2v) is 5.04. The van der Waals surface area contributed by atoms with E-state index in [4.69, 9.17) is 4.74 Å². The van der Waals surface area contributed by atoms with Gasteiger partial charge >= 0.3 is 0 Å². The van der Waals surface area contributed by atoms with Crippen LogP contribution in [-0.4, -0.2) is 41.2 Å². The summed E-state index contributed by atoms with van der Waals surface area (Å²) in [6, 6.07) is 4.39. The predicted octanol–water partition coefficient (Wildman–Crippen LogP) is 1.15. The van der Waals surface area contributed by atoms with Crippen LogP contribution in [0.3, 0.4) is 0 Å². The summed E-state index contributed by atoms with van der Waals surface area (Å²) in [7, 11) is 1.62. The van der Waals surface area contributed by atoms with Gasteiger partial charge in [0, 0.05) is 25.3 Å². The summed E-state index contributed by atoms with van der Waals surface area (Å²) in [4.78, 5) is 6.68. The number of β-amino-alcohol motifs (C(OH)–C–C–N with tert-alkyl or cyclic N) is 1. The summed E-state index contributed by atoms with van der Waals surface area (Å²) in [5.41, 5.74) is -0.152. The minimum atomic E-state index is -0.838. The van der Waals surface area contributed by atoms with Crippen LogP contribution in [0.4, 0.5) is 0 Å². The number of likely N-dealkylation sites (tertiary alicyclic amines) is 1. The molecule has 2 aliphatic rings. The third kappa shape index (κ3) is 1.91. The van der Waals surface area contributed by atoms with E-state index in [1.807, 2.05) is 12.1 Å². The number of nitrogens with zero attached hydrogens (tertiary/aromatic N) is 2. The second kappa shape index (κ2) is 3.96. The minimum Gasteiger partial charge on any atom is -0.495 e. The Morgan fingerprint density at radius 3 is 3.06 bits per heavy atom. The van der Waals surface area contributed by atoms with Crippen LogP contribution in [-0.2, 0) is 5.60 Å². The largest absolute Gasteiger partial charge is 0.495 e. The van der Waals surface area contributed by atoms with Crippen molar-refractivity contribution >= 4 is 0 Å². The molecule has 2 heterocycles. The molecule has 2 fully saturated rings. The molecule has 17 heavy (non-hydrogen) atoms. The highest BCUT2D eigenvalue weighted by Crippen LogP contribution is 2.40. The van der Waals surface area contributed by atoms with Crippen molar-refractivity contribution in [3.8, 4) is 5.75 Å². The smallest absolute Gasteiger partial charge is 0.143 e. The summed E-state index contributed by atoms with van der Waals surface area (Å²) in [5, 5.41) is 10.7. The van der Waals surface area contributed by atoms with Crippen LogP contribution in [0.1, 0.15) is 25.0 Å². The normalized spacial score (nSPS) is 29.5. The standard InChI is InChI=1S/C13H18N2O2/c1-17-11-3-2-7-14-12(11)13(16)6-8-15(9-13)10-4-5-10/h2-3,7,10,16H,4-6,8-9H2,1H3. The SMILES string of the molecule is COc1cccnc1C1(O)CCN(C2CC2)C1. The van der Waals surface area contributed by atoms with Gasteiger partial charge in [0.2, 0.25) is 0 Å². The van der Waals surface area contributed by atoms with Crippen LogP contribution in [0.5, 0.6) is 5.75 Å². The second-order valence-electron chi connectivity index (χ2n) is 5.04. The molecule has 0 radical (unpaired) electrons. The molecule has 1 saturated heterocycles. The van der Waals surface area contributed by atoms with Gasteiger partial charge in [-0.3, -0.25) is 9.88 Å². The number of aromatic nitrogens is 1. The fraction of sp³-hybridized carbons (Fsp3) is 0.615. The van der Waals surface area contributed by atoms with Crippen LogP contribution in [0.2, 0.25) is 0 Å². The van der Waals surface area contributed by atoms with Crippen LogP contribution < -0.4 is 4.74 Å². The average Bonchev–Trinajstić information content (AvgIpc) is 3.13. The minimum absolute atomic E-state index is 0.686. The predicted molar refractivity (Wildman–Crippen MR) is 63.9 cm³/mol. The Bertz CT molecular complexity index is 420. The Balaban J connectivity index is 1.87. The third-order valence-corrected chi connectivity index (χ3v) is 3.77. The zero-order chi connectivity index (χ0) is 11.9. The maximum atomic E-state index is 10.7. The highest BCUT2D eigenvalue weighted by atomic mass is 16.5. The molecule has 92 valence electrons. The first-order valence-electron chi connectivity index (χ1n) is 6.19. The highest BCUT2D eigenvalue weighted by Gasteiger charge is 2.45. The van der Waals surface area contributed by atoms with Gasteiger partial charge in [-0.05, 0) is 31.4 Å². The molecule has 1 saturated carbocycles. The van der Waals surface area contributed by atoms with Gasteiger partial charge in [-0.1, -0.05) is 0 Å². The Morgan fingerprint density at radius 1 is 1.53 bits per heavy atom. The molecular formula is C13H18N2O2. The van der Waals surface area contributed by atoms with E-state index < -0.39 is 5.60 Å². The molecule has 1 unspecified atom stereocenters. The molecule has 1 aromatic heterocycles.